The number of aromatic carboxylic acids is 1. The predicted octanol–water partition coefficient (Wildman–Crippen LogP) is 2.15. The van der Waals surface area contributed by atoms with Crippen LogP contribution in [0.4, 0.5) is 0 Å². The van der Waals surface area contributed by atoms with Crippen LogP contribution in [0, 0.1) is 0 Å². The molecule has 0 spiro atoms. The molecule has 1 aromatic heterocycles. The smallest absolute Gasteiger partial charge is 0.354 e. The van der Waals surface area contributed by atoms with Crippen molar-refractivity contribution in [3.05, 3.63) is 48.2 Å². The summed E-state index contributed by atoms with van der Waals surface area (Å²) in [7, 11) is 0. The molecule has 0 unspecified atom stereocenters. The van der Waals surface area contributed by atoms with Crippen molar-refractivity contribution in [2.75, 3.05) is 0 Å². The Kier molecular flexibility index (Phi) is 2.55. The van der Waals surface area contributed by atoms with Crippen LogP contribution >= 0.6 is 0 Å². The van der Waals surface area contributed by atoms with E-state index >= 15 is 0 Å². The molecule has 1 aromatic carbocycles. The summed E-state index contributed by atoms with van der Waals surface area (Å²) in [5, 5.41) is 18.4. The third kappa shape index (κ3) is 1.86. The van der Waals surface area contributed by atoms with Crippen molar-refractivity contribution >= 4 is 5.97 Å². The molecule has 2 rings (SSSR count). The molecule has 0 aliphatic heterocycles. The molecule has 0 fully saturated rings. The molecule has 0 amide bonds. The third-order valence-corrected chi connectivity index (χ3v) is 2.15. The van der Waals surface area contributed by atoms with Gasteiger partial charge in [-0.2, -0.15) is 0 Å². The summed E-state index contributed by atoms with van der Waals surface area (Å²) in [5.74, 6) is -1.00. The fourth-order valence-corrected chi connectivity index (χ4v) is 1.39. The third-order valence-electron chi connectivity index (χ3n) is 2.15. The number of aromatic nitrogens is 1. The number of carboxylic acid groups (broad SMARTS) is 1. The first-order chi connectivity index (χ1) is 7.68. The number of phenolic OH excluding ortho intramolecular Hbond substituents is 1. The summed E-state index contributed by atoms with van der Waals surface area (Å²) in [6, 6.07) is 11.3. The Morgan fingerprint density at radius 1 is 1.06 bits per heavy atom. The Morgan fingerprint density at radius 3 is 2.50 bits per heavy atom. The van der Waals surface area contributed by atoms with E-state index in [9.17, 15) is 9.90 Å². The second kappa shape index (κ2) is 4.02. The van der Waals surface area contributed by atoms with Crippen molar-refractivity contribution in [1.82, 2.24) is 4.98 Å². The number of carbonyl (C=O) groups is 1. The SMILES string of the molecule is O=C(O)c1cccc(-c2ccccc2O)n1. The van der Waals surface area contributed by atoms with Crippen LogP contribution in [0.5, 0.6) is 5.75 Å². The molecule has 0 bridgehead atoms. The van der Waals surface area contributed by atoms with Gasteiger partial charge in [0.1, 0.15) is 11.4 Å². The molecule has 2 aromatic rings. The first-order valence-electron chi connectivity index (χ1n) is 4.67. The quantitative estimate of drug-likeness (QED) is 0.805. The van der Waals surface area contributed by atoms with Crippen LogP contribution < -0.4 is 0 Å². The van der Waals surface area contributed by atoms with E-state index in [4.69, 9.17) is 5.11 Å². The van der Waals surface area contributed by atoms with Crippen LogP contribution in [0.1, 0.15) is 10.5 Å². The van der Waals surface area contributed by atoms with E-state index in [1.807, 2.05) is 0 Å². The van der Waals surface area contributed by atoms with Gasteiger partial charge in [-0.3, -0.25) is 0 Å². The Bertz CT molecular complexity index is 537. The Labute approximate surface area is 91.8 Å². The van der Waals surface area contributed by atoms with Crippen molar-refractivity contribution in [3.8, 4) is 17.0 Å². The molecule has 0 aliphatic rings. The minimum absolute atomic E-state index is 0.0410. The molecule has 4 nitrogen and oxygen atoms in total. The highest BCUT2D eigenvalue weighted by molar-refractivity contribution is 5.86. The highest BCUT2D eigenvalue weighted by atomic mass is 16.4. The van der Waals surface area contributed by atoms with Gasteiger partial charge in [0, 0.05) is 5.56 Å². The Hall–Kier alpha value is -2.36. The van der Waals surface area contributed by atoms with E-state index < -0.39 is 5.97 Å². The van der Waals surface area contributed by atoms with Gasteiger partial charge in [0.05, 0.1) is 5.69 Å². The number of pyridine rings is 1. The number of rotatable bonds is 2. The monoisotopic (exact) mass is 215 g/mol. The lowest BCUT2D eigenvalue weighted by molar-refractivity contribution is 0.0690. The minimum atomic E-state index is -1.09. The lowest BCUT2D eigenvalue weighted by atomic mass is 10.1. The highest BCUT2D eigenvalue weighted by Gasteiger charge is 2.08. The van der Waals surface area contributed by atoms with Crippen LogP contribution in [0.15, 0.2) is 42.5 Å². The number of carboxylic acids is 1. The summed E-state index contributed by atoms with van der Waals surface area (Å²) < 4.78 is 0. The van der Waals surface area contributed by atoms with Crippen LogP contribution in [0.25, 0.3) is 11.3 Å². The van der Waals surface area contributed by atoms with E-state index in [0.717, 1.165) is 0 Å². The van der Waals surface area contributed by atoms with Crippen molar-refractivity contribution in [3.63, 3.8) is 0 Å². The average molecular weight is 215 g/mol. The van der Waals surface area contributed by atoms with Crippen LogP contribution in [0.2, 0.25) is 0 Å². The maximum Gasteiger partial charge on any atom is 0.354 e. The minimum Gasteiger partial charge on any atom is -0.507 e. The highest BCUT2D eigenvalue weighted by Crippen LogP contribution is 2.26. The van der Waals surface area contributed by atoms with Crippen LogP contribution in [-0.2, 0) is 0 Å². The zero-order chi connectivity index (χ0) is 11.5. The lowest BCUT2D eigenvalue weighted by Crippen LogP contribution is -2.00. The number of hydrogen-bond donors (Lipinski definition) is 2. The first kappa shape index (κ1) is 10.2. The number of hydrogen-bond acceptors (Lipinski definition) is 3. The van der Waals surface area contributed by atoms with Gasteiger partial charge in [0.15, 0.2) is 0 Å². The van der Waals surface area contributed by atoms with E-state index in [-0.39, 0.29) is 11.4 Å². The molecule has 16 heavy (non-hydrogen) atoms. The van der Waals surface area contributed by atoms with Crippen molar-refractivity contribution in [2.45, 2.75) is 0 Å². The largest absolute Gasteiger partial charge is 0.507 e. The lowest BCUT2D eigenvalue weighted by Gasteiger charge is -2.03. The Morgan fingerprint density at radius 2 is 1.81 bits per heavy atom. The number of phenols is 1. The molecule has 0 radical (unpaired) electrons. The van der Waals surface area contributed by atoms with Crippen molar-refractivity contribution in [2.24, 2.45) is 0 Å². The fourth-order valence-electron chi connectivity index (χ4n) is 1.39. The van der Waals surface area contributed by atoms with Gasteiger partial charge in [-0.25, -0.2) is 9.78 Å². The maximum absolute atomic E-state index is 10.7. The molecular weight excluding hydrogens is 206 g/mol. The van der Waals surface area contributed by atoms with Crippen LogP contribution in [-0.4, -0.2) is 21.2 Å². The zero-order valence-corrected chi connectivity index (χ0v) is 8.29. The number of nitrogens with zero attached hydrogens (tertiary/aromatic N) is 1. The number of aromatic hydroxyl groups is 1. The van der Waals surface area contributed by atoms with Crippen molar-refractivity contribution in [1.29, 1.82) is 0 Å². The van der Waals surface area contributed by atoms with Crippen LogP contribution in [0.3, 0.4) is 0 Å². The summed E-state index contributed by atoms with van der Waals surface area (Å²) in [5.41, 5.74) is 0.921. The summed E-state index contributed by atoms with van der Waals surface area (Å²) in [6.07, 6.45) is 0. The van der Waals surface area contributed by atoms with Crippen molar-refractivity contribution < 1.29 is 15.0 Å². The molecule has 80 valence electrons. The van der Waals surface area contributed by atoms with Gasteiger partial charge in [-0.15, -0.1) is 0 Å². The molecule has 1 heterocycles. The fraction of sp³-hybridized carbons (Fsp3) is 0. The molecule has 0 saturated heterocycles. The van der Waals surface area contributed by atoms with Gasteiger partial charge in [-0.1, -0.05) is 18.2 Å². The predicted molar refractivity (Wildman–Crippen MR) is 58.3 cm³/mol. The summed E-state index contributed by atoms with van der Waals surface area (Å²) in [6.45, 7) is 0. The van der Waals surface area contributed by atoms with E-state index in [0.29, 0.717) is 11.3 Å². The average Bonchev–Trinajstić information content (AvgIpc) is 2.30. The molecular formula is C12H9NO3. The van der Waals surface area contributed by atoms with E-state index in [2.05, 4.69) is 4.98 Å². The second-order valence-electron chi connectivity index (χ2n) is 3.23. The Balaban J connectivity index is 2.53. The normalized spacial score (nSPS) is 10.0. The molecule has 4 heteroatoms. The summed E-state index contributed by atoms with van der Waals surface area (Å²) >= 11 is 0. The molecule has 0 atom stereocenters. The first-order valence-corrected chi connectivity index (χ1v) is 4.67. The van der Waals surface area contributed by atoms with Gasteiger partial charge in [0.25, 0.3) is 0 Å². The molecule has 0 aliphatic carbocycles. The number of para-hydroxylation sites is 1. The molecule has 2 N–H and O–H groups in total. The van der Waals surface area contributed by atoms with Gasteiger partial charge in [-0.05, 0) is 24.3 Å². The summed E-state index contributed by atoms with van der Waals surface area (Å²) in [4.78, 5) is 14.7. The number of benzene rings is 1. The standard InChI is InChI=1S/C12H9NO3/c14-11-7-2-1-4-8(11)9-5-3-6-10(13-9)12(15)16/h1-7,14H,(H,15,16). The van der Waals surface area contributed by atoms with Gasteiger partial charge in [0.2, 0.25) is 0 Å². The van der Waals surface area contributed by atoms with E-state index in [1.54, 1.807) is 30.3 Å². The van der Waals surface area contributed by atoms with E-state index in [1.165, 1.54) is 12.1 Å². The molecule has 0 saturated carbocycles. The maximum atomic E-state index is 10.7. The zero-order valence-electron chi connectivity index (χ0n) is 8.29. The topological polar surface area (TPSA) is 70.4 Å². The van der Waals surface area contributed by atoms with Gasteiger partial charge < -0.3 is 10.2 Å². The van der Waals surface area contributed by atoms with Gasteiger partial charge >= 0.3 is 5.97 Å². The second-order valence-corrected chi connectivity index (χ2v) is 3.23.